The van der Waals surface area contributed by atoms with Crippen LogP contribution in [0.5, 0.6) is 0 Å². The highest BCUT2D eigenvalue weighted by molar-refractivity contribution is 5.94. The van der Waals surface area contributed by atoms with Crippen LogP contribution >= 0.6 is 0 Å². The zero-order valence-corrected chi connectivity index (χ0v) is 24.3. The van der Waals surface area contributed by atoms with E-state index >= 15 is 0 Å². The van der Waals surface area contributed by atoms with Crippen LogP contribution in [0, 0.1) is 0 Å². The van der Waals surface area contributed by atoms with Gasteiger partial charge in [-0.05, 0) is 56.2 Å². The van der Waals surface area contributed by atoms with Gasteiger partial charge in [-0.1, -0.05) is 55.8 Å². The van der Waals surface area contributed by atoms with E-state index in [-0.39, 0.29) is 17.5 Å². The number of benzene rings is 2. The molecule has 0 radical (unpaired) electrons. The monoisotopic (exact) mass is 586 g/mol. The molecule has 1 atom stereocenters. The van der Waals surface area contributed by atoms with Crippen LogP contribution in [-0.2, 0) is 6.18 Å². The highest BCUT2D eigenvalue weighted by Gasteiger charge is 2.31. The average Bonchev–Trinajstić information content (AvgIpc) is 3.40. The molecule has 5 aromatic rings. The maximum atomic E-state index is 13.7. The van der Waals surface area contributed by atoms with E-state index in [0.717, 1.165) is 30.5 Å². The highest BCUT2D eigenvalue weighted by atomic mass is 19.4. The molecule has 0 spiro atoms. The van der Waals surface area contributed by atoms with Crippen molar-refractivity contribution in [2.45, 2.75) is 45.8 Å². The van der Waals surface area contributed by atoms with E-state index in [9.17, 15) is 18.0 Å². The lowest BCUT2D eigenvalue weighted by Crippen LogP contribution is -2.31. The third-order valence-corrected chi connectivity index (χ3v) is 7.32. The molecule has 5 rings (SSSR count). The van der Waals surface area contributed by atoms with Gasteiger partial charge in [0, 0.05) is 31.0 Å². The molecular formula is C33H33F3N6O. The van der Waals surface area contributed by atoms with Crippen LogP contribution in [-0.4, -0.2) is 43.2 Å². The van der Waals surface area contributed by atoms with Gasteiger partial charge in [-0.3, -0.25) is 9.20 Å². The van der Waals surface area contributed by atoms with Crippen molar-refractivity contribution in [1.29, 1.82) is 0 Å². The molecular weight excluding hydrogens is 553 g/mol. The molecule has 0 aliphatic carbocycles. The SMILES string of the molecule is CCCCN(CC)C(=O)c1ccc2nc(-c3cccc(C(F)(F)F)c3)c(-c3ccnc(N[C@@H](C)c4ccccc4)n3)n2c1. The Morgan fingerprint density at radius 3 is 2.51 bits per heavy atom. The minimum atomic E-state index is -4.52. The van der Waals surface area contributed by atoms with E-state index in [1.54, 1.807) is 46.0 Å². The predicted molar refractivity (Wildman–Crippen MR) is 162 cm³/mol. The normalized spacial score (nSPS) is 12.3. The van der Waals surface area contributed by atoms with Crippen molar-refractivity contribution in [1.82, 2.24) is 24.3 Å². The van der Waals surface area contributed by atoms with E-state index in [4.69, 9.17) is 9.97 Å². The van der Waals surface area contributed by atoms with E-state index in [1.165, 1.54) is 6.07 Å². The van der Waals surface area contributed by atoms with Gasteiger partial charge in [0.2, 0.25) is 5.95 Å². The molecule has 0 aliphatic heterocycles. The van der Waals surface area contributed by atoms with Gasteiger partial charge in [0.25, 0.3) is 5.91 Å². The molecule has 0 aliphatic rings. The molecule has 7 nitrogen and oxygen atoms in total. The maximum absolute atomic E-state index is 13.7. The number of carbonyl (C=O) groups excluding carboxylic acids is 1. The second-order valence-electron chi connectivity index (χ2n) is 10.3. The first-order valence-corrected chi connectivity index (χ1v) is 14.3. The van der Waals surface area contributed by atoms with Crippen molar-refractivity contribution in [3.8, 4) is 22.6 Å². The number of rotatable bonds is 10. The Balaban J connectivity index is 1.64. The van der Waals surface area contributed by atoms with Crippen molar-refractivity contribution in [2.24, 2.45) is 0 Å². The Morgan fingerprint density at radius 1 is 1.00 bits per heavy atom. The number of halogens is 3. The molecule has 222 valence electrons. The summed E-state index contributed by atoms with van der Waals surface area (Å²) in [5, 5.41) is 3.31. The second kappa shape index (κ2) is 12.6. The number of anilines is 1. The molecule has 2 aromatic carbocycles. The summed E-state index contributed by atoms with van der Waals surface area (Å²) in [5.74, 6) is 0.225. The van der Waals surface area contributed by atoms with Crippen molar-refractivity contribution in [3.63, 3.8) is 0 Å². The lowest BCUT2D eigenvalue weighted by molar-refractivity contribution is -0.137. The summed E-state index contributed by atoms with van der Waals surface area (Å²) in [7, 11) is 0. The number of carbonyl (C=O) groups is 1. The molecule has 10 heteroatoms. The van der Waals surface area contributed by atoms with Gasteiger partial charge < -0.3 is 10.2 Å². The number of pyridine rings is 1. The second-order valence-corrected chi connectivity index (χ2v) is 10.3. The van der Waals surface area contributed by atoms with Gasteiger partial charge in [-0.25, -0.2) is 15.0 Å². The first kappa shape index (κ1) is 29.8. The summed E-state index contributed by atoms with van der Waals surface area (Å²) in [4.78, 5) is 29.1. The summed E-state index contributed by atoms with van der Waals surface area (Å²) in [6.07, 6.45) is 0.609. The van der Waals surface area contributed by atoms with E-state index in [1.807, 2.05) is 44.2 Å². The molecule has 0 unspecified atom stereocenters. The van der Waals surface area contributed by atoms with E-state index < -0.39 is 11.7 Å². The summed E-state index contributed by atoms with van der Waals surface area (Å²) < 4.78 is 42.7. The van der Waals surface area contributed by atoms with Crippen LogP contribution in [0.25, 0.3) is 28.3 Å². The Kier molecular flexibility index (Phi) is 8.75. The molecule has 0 saturated heterocycles. The standard InChI is InChI=1S/C33H33F3N6O/c1-4-6-19-41(5-2)31(43)25-15-16-28-40-29(24-13-10-14-26(20-24)33(34,35)36)30(42(28)21-25)27-17-18-37-32(39-27)38-22(3)23-11-8-7-9-12-23/h7-18,20-22H,4-6,19H2,1-3H3,(H,37,38,39)/t22-/m0/s1. The van der Waals surface area contributed by atoms with Crippen LogP contribution in [0.1, 0.15) is 61.1 Å². The Bertz CT molecular complexity index is 1720. The average molecular weight is 587 g/mol. The van der Waals surface area contributed by atoms with E-state index in [0.29, 0.717) is 47.3 Å². The molecule has 1 amide bonds. The number of amides is 1. The topological polar surface area (TPSA) is 75.4 Å². The summed E-state index contributed by atoms with van der Waals surface area (Å²) in [5.41, 5.74) is 2.69. The number of alkyl halides is 3. The summed E-state index contributed by atoms with van der Waals surface area (Å²) in [6, 6.07) is 19.9. The predicted octanol–water partition coefficient (Wildman–Crippen LogP) is 7.91. The van der Waals surface area contributed by atoms with Crippen molar-refractivity contribution in [3.05, 3.63) is 102 Å². The number of hydrogen-bond acceptors (Lipinski definition) is 5. The zero-order chi connectivity index (χ0) is 30.6. The quantitative estimate of drug-likeness (QED) is 0.180. The minimum absolute atomic E-state index is 0.103. The summed E-state index contributed by atoms with van der Waals surface area (Å²) >= 11 is 0. The maximum Gasteiger partial charge on any atom is 0.416 e. The van der Waals surface area contributed by atoms with Crippen LogP contribution in [0.3, 0.4) is 0 Å². The van der Waals surface area contributed by atoms with Gasteiger partial charge in [0.15, 0.2) is 0 Å². The van der Waals surface area contributed by atoms with Crippen LogP contribution < -0.4 is 5.32 Å². The smallest absolute Gasteiger partial charge is 0.348 e. The molecule has 3 aromatic heterocycles. The van der Waals surface area contributed by atoms with Crippen molar-refractivity contribution < 1.29 is 18.0 Å². The lowest BCUT2D eigenvalue weighted by atomic mass is 10.0. The molecule has 3 heterocycles. The third kappa shape index (κ3) is 6.53. The lowest BCUT2D eigenvalue weighted by Gasteiger charge is -2.20. The first-order chi connectivity index (χ1) is 20.7. The Morgan fingerprint density at radius 2 is 1.79 bits per heavy atom. The summed E-state index contributed by atoms with van der Waals surface area (Å²) in [6.45, 7) is 7.19. The van der Waals surface area contributed by atoms with Crippen LogP contribution in [0.4, 0.5) is 19.1 Å². The molecule has 0 bridgehead atoms. The number of nitrogens with zero attached hydrogens (tertiary/aromatic N) is 5. The van der Waals surface area contributed by atoms with Gasteiger partial charge in [0.05, 0.1) is 34.3 Å². The number of fused-ring (bicyclic) bond motifs is 1. The fraction of sp³-hybridized carbons (Fsp3) is 0.273. The van der Waals surface area contributed by atoms with Crippen LogP contribution in [0.15, 0.2) is 85.2 Å². The van der Waals surface area contributed by atoms with Gasteiger partial charge in [0.1, 0.15) is 5.65 Å². The first-order valence-electron chi connectivity index (χ1n) is 14.3. The Labute approximate surface area is 248 Å². The molecule has 0 saturated carbocycles. The fourth-order valence-electron chi connectivity index (χ4n) is 4.97. The largest absolute Gasteiger partial charge is 0.416 e. The van der Waals surface area contributed by atoms with Gasteiger partial charge in [-0.2, -0.15) is 13.2 Å². The van der Waals surface area contributed by atoms with Crippen molar-refractivity contribution >= 4 is 17.5 Å². The van der Waals surface area contributed by atoms with Crippen molar-refractivity contribution in [2.75, 3.05) is 18.4 Å². The molecule has 43 heavy (non-hydrogen) atoms. The minimum Gasteiger partial charge on any atom is -0.348 e. The highest BCUT2D eigenvalue weighted by Crippen LogP contribution is 2.36. The van der Waals surface area contributed by atoms with Crippen LogP contribution in [0.2, 0.25) is 0 Å². The number of aromatic nitrogens is 4. The number of nitrogens with one attached hydrogen (secondary N) is 1. The van der Waals surface area contributed by atoms with Gasteiger partial charge >= 0.3 is 6.18 Å². The molecule has 1 N–H and O–H groups in total. The molecule has 0 fully saturated rings. The number of unbranched alkanes of at least 4 members (excludes halogenated alkanes) is 1. The van der Waals surface area contributed by atoms with E-state index in [2.05, 4.69) is 17.2 Å². The fourth-order valence-corrected chi connectivity index (χ4v) is 4.97. The van der Waals surface area contributed by atoms with Gasteiger partial charge in [-0.15, -0.1) is 0 Å². The number of imidazole rings is 1. The third-order valence-electron chi connectivity index (χ3n) is 7.32. The zero-order valence-electron chi connectivity index (χ0n) is 24.3. The number of hydrogen-bond donors (Lipinski definition) is 1. The Hall–Kier alpha value is -4.73.